The van der Waals surface area contributed by atoms with Gasteiger partial charge < -0.3 is 15.8 Å². The van der Waals surface area contributed by atoms with Gasteiger partial charge in [0.05, 0.1) is 5.56 Å². The van der Waals surface area contributed by atoms with Gasteiger partial charge >= 0.3 is 5.97 Å². The molecule has 4 N–H and O–H groups in total. The molecule has 0 fully saturated rings. The standard InChI is InChI=1S/C24H27N3O3/c1-3-6-17(2)27-22(28)8-5-4-7-18-9-11-20(12-10-18)24(29)30-21-15-13-19(14-16-21)23(25)26/h4-5,7-17H,3,6H2,1-2H3,(H3,25,26)(H,27,28)/b7-4+,8-5+/t17-/m1/s1. The summed E-state index contributed by atoms with van der Waals surface area (Å²) in [7, 11) is 0. The molecule has 2 aromatic rings. The lowest BCUT2D eigenvalue weighted by molar-refractivity contribution is -0.117. The van der Waals surface area contributed by atoms with E-state index in [2.05, 4.69) is 12.2 Å². The lowest BCUT2D eigenvalue weighted by atomic mass is 10.1. The van der Waals surface area contributed by atoms with Gasteiger partial charge in [0.1, 0.15) is 11.6 Å². The normalized spacial score (nSPS) is 12.1. The molecule has 0 radical (unpaired) electrons. The van der Waals surface area contributed by atoms with Crippen LogP contribution < -0.4 is 15.8 Å². The summed E-state index contributed by atoms with van der Waals surface area (Å²) < 4.78 is 5.32. The first-order valence-electron chi connectivity index (χ1n) is 9.81. The molecule has 0 unspecified atom stereocenters. The van der Waals surface area contributed by atoms with E-state index < -0.39 is 5.97 Å². The zero-order chi connectivity index (χ0) is 21.9. The van der Waals surface area contributed by atoms with E-state index in [1.165, 1.54) is 6.08 Å². The number of benzene rings is 2. The predicted octanol–water partition coefficient (Wildman–Crippen LogP) is 4.06. The van der Waals surface area contributed by atoms with Gasteiger partial charge in [0.2, 0.25) is 5.91 Å². The molecule has 6 nitrogen and oxygen atoms in total. The molecular formula is C24H27N3O3. The molecule has 0 heterocycles. The van der Waals surface area contributed by atoms with Gasteiger partial charge in [-0.1, -0.05) is 43.7 Å². The highest BCUT2D eigenvalue weighted by Gasteiger charge is 2.08. The van der Waals surface area contributed by atoms with Crippen molar-refractivity contribution in [3.8, 4) is 5.75 Å². The number of carbonyl (C=O) groups excluding carboxylic acids is 2. The molecule has 2 aromatic carbocycles. The summed E-state index contributed by atoms with van der Waals surface area (Å²) >= 11 is 0. The number of amides is 1. The van der Waals surface area contributed by atoms with E-state index in [-0.39, 0.29) is 17.8 Å². The van der Waals surface area contributed by atoms with Crippen molar-refractivity contribution >= 4 is 23.8 Å². The molecule has 1 atom stereocenters. The minimum atomic E-state index is -0.473. The van der Waals surface area contributed by atoms with Gasteiger partial charge in [-0.25, -0.2) is 4.79 Å². The first kappa shape index (κ1) is 22.6. The first-order valence-corrected chi connectivity index (χ1v) is 9.81. The summed E-state index contributed by atoms with van der Waals surface area (Å²) in [5.41, 5.74) is 7.28. The third-order valence-electron chi connectivity index (χ3n) is 4.28. The number of nitrogens with two attached hydrogens (primary N) is 1. The maximum absolute atomic E-state index is 12.3. The average molecular weight is 405 g/mol. The van der Waals surface area contributed by atoms with Crippen molar-refractivity contribution < 1.29 is 14.3 Å². The number of allylic oxidation sites excluding steroid dienone is 2. The largest absolute Gasteiger partial charge is 0.423 e. The van der Waals surface area contributed by atoms with Crippen LogP contribution in [0.3, 0.4) is 0 Å². The van der Waals surface area contributed by atoms with E-state index in [4.69, 9.17) is 15.9 Å². The molecule has 0 aromatic heterocycles. The van der Waals surface area contributed by atoms with Crippen molar-refractivity contribution in [2.24, 2.45) is 5.73 Å². The van der Waals surface area contributed by atoms with Crippen molar-refractivity contribution in [1.29, 1.82) is 5.41 Å². The van der Waals surface area contributed by atoms with Crippen LogP contribution in [0.25, 0.3) is 6.08 Å². The second-order valence-corrected chi connectivity index (χ2v) is 6.87. The van der Waals surface area contributed by atoms with E-state index in [1.54, 1.807) is 60.7 Å². The van der Waals surface area contributed by atoms with Crippen LogP contribution in [0.15, 0.2) is 66.8 Å². The fourth-order valence-corrected chi connectivity index (χ4v) is 2.70. The zero-order valence-corrected chi connectivity index (χ0v) is 17.2. The molecule has 2 rings (SSSR count). The first-order chi connectivity index (χ1) is 14.4. The van der Waals surface area contributed by atoms with Crippen molar-refractivity contribution in [3.05, 3.63) is 83.4 Å². The number of rotatable bonds is 9. The molecule has 30 heavy (non-hydrogen) atoms. The number of nitrogen functional groups attached to an aromatic ring is 1. The average Bonchev–Trinajstić information content (AvgIpc) is 2.72. The van der Waals surface area contributed by atoms with E-state index in [1.807, 2.05) is 13.0 Å². The summed E-state index contributed by atoms with van der Waals surface area (Å²) in [6, 6.07) is 13.5. The van der Waals surface area contributed by atoms with E-state index >= 15 is 0 Å². The fourth-order valence-electron chi connectivity index (χ4n) is 2.70. The van der Waals surface area contributed by atoms with Crippen LogP contribution >= 0.6 is 0 Å². The number of amidine groups is 1. The SMILES string of the molecule is CCC[C@@H](C)NC(=O)/C=C/C=C/c1ccc(C(=O)Oc2ccc(C(=N)N)cc2)cc1. The lowest BCUT2D eigenvalue weighted by Crippen LogP contribution is -2.30. The predicted molar refractivity (Wildman–Crippen MR) is 120 cm³/mol. The van der Waals surface area contributed by atoms with Gasteiger partial charge in [-0.2, -0.15) is 0 Å². The van der Waals surface area contributed by atoms with Gasteiger partial charge in [-0.15, -0.1) is 0 Å². The number of nitrogens with one attached hydrogen (secondary N) is 2. The maximum Gasteiger partial charge on any atom is 0.343 e. The highest BCUT2D eigenvalue weighted by atomic mass is 16.5. The van der Waals surface area contributed by atoms with Crippen molar-refractivity contribution in [1.82, 2.24) is 5.32 Å². The summed E-state index contributed by atoms with van der Waals surface area (Å²) in [6.45, 7) is 4.07. The Balaban J connectivity index is 1.88. The number of carbonyl (C=O) groups is 2. The Morgan fingerprint density at radius 1 is 1.07 bits per heavy atom. The van der Waals surface area contributed by atoms with Gasteiger partial charge in [0.15, 0.2) is 0 Å². The smallest absolute Gasteiger partial charge is 0.343 e. The molecule has 0 spiro atoms. The third-order valence-corrected chi connectivity index (χ3v) is 4.28. The molecule has 156 valence electrons. The molecule has 0 aliphatic carbocycles. The molecule has 6 heteroatoms. The minimum Gasteiger partial charge on any atom is -0.423 e. The van der Waals surface area contributed by atoms with E-state index in [0.717, 1.165) is 18.4 Å². The number of hydrogen-bond acceptors (Lipinski definition) is 4. The molecule has 0 aliphatic heterocycles. The molecule has 0 saturated carbocycles. The molecule has 0 bridgehead atoms. The molecule has 1 amide bonds. The Morgan fingerprint density at radius 3 is 2.30 bits per heavy atom. The quantitative estimate of drug-likeness (QED) is 0.146. The Labute approximate surface area is 177 Å². The Bertz CT molecular complexity index is 929. The molecule has 0 aliphatic rings. The van der Waals surface area contributed by atoms with E-state index in [9.17, 15) is 9.59 Å². The van der Waals surface area contributed by atoms with Crippen LogP contribution in [-0.4, -0.2) is 23.8 Å². The second-order valence-electron chi connectivity index (χ2n) is 6.87. The Kier molecular flexibility index (Phi) is 8.56. The monoisotopic (exact) mass is 405 g/mol. The summed E-state index contributed by atoms with van der Waals surface area (Å²) in [5.74, 6) is -0.252. The van der Waals surface area contributed by atoms with Gasteiger partial charge in [-0.05, 0) is 55.3 Å². The van der Waals surface area contributed by atoms with Gasteiger partial charge in [0, 0.05) is 17.7 Å². The molecular weight excluding hydrogens is 378 g/mol. The Hall–Kier alpha value is -3.67. The Morgan fingerprint density at radius 2 is 1.70 bits per heavy atom. The van der Waals surface area contributed by atoms with Crippen LogP contribution in [0, 0.1) is 5.41 Å². The highest BCUT2D eigenvalue weighted by molar-refractivity contribution is 5.95. The number of ether oxygens (including phenoxy) is 1. The third kappa shape index (κ3) is 7.39. The highest BCUT2D eigenvalue weighted by Crippen LogP contribution is 2.15. The van der Waals surface area contributed by atoms with E-state index in [0.29, 0.717) is 16.9 Å². The second kappa shape index (κ2) is 11.4. The van der Waals surface area contributed by atoms with Crippen molar-refractivity contribution in [3.63, 3.8) is 0 Å². The molecule has 0 saturated heterocycles. The zero-order valence-electron chi connectivity index (χ0n) is 17.2. The number of hydrogen-bond donors (Lipinski definition) is 3. The van der Waals surface area contributed by atoms with Crippen LogP contribution in [0.2, 0.25) is 0 Å². The van der Waals surface area contributed by atoms with Crippen LogP contribution in [0.1, 0.15) is 48.2 Å². The topological polar surface area (TPSA) is 105 Å². The summed E-state index contributed by atoms with van der Waals surface area (Å²) in [4.78, 5) is 24.0. The van der Waals surface area contributed by atoms with Crippen molar-refractivity contribution in [2.75, 3.05) is 0 Å². The fraction of sp³-hybridized carbons (Fsp3) is 0.208. The van der Waals surface area contributed by atoms with Crippen LogP contribution in [0.5, 0.6) is 5.75 Å². The summed E-state index contributed by atoms with van der Waals surface area (Å²) in [5, 5.41) is 10.3. The van der Waals surface area contributed by atoms with Crippen molar-refractivity contribution in [2.45, 2.75) is 32.7 Å². The minimum absolute atomic E-state index is 0.0435. The number of esters is 1. The lowest BCUT2D eigenvalue weighted by Gasteiger charge is -2.09. The van der Waals surface area contributed by atoms with Crippen LogP contribution in [-0.2, 0) is 4.79 Å². The van der Waals surface area contributed by atoms with Gasteiger partial charge in [0.25, 0.3) is 0 Å². The van der Waals surface area contributed by atoms with Crippen LogP contribution in [0.4, 0.5) is 0 Å². The summed E-state index contributed by atoms with van der Waals surface area (Å²) in [6.07, 6.45) is 8.77. The van der Waals surface area contributed by atoms with Gasteiger partial charge in [-0.3, -0.25) is 10.2 Å². The maximum atomic E-state index is 12.3.